The van der Waals surface area contributed by atoms with Crippen molar-refractivity contribution < 1.29 is 14.3 Å². The minimum Gasteiger partial charge on any atom is -0.385 e. The number of amides is 3. The smallest absolute Gasteiger partial charge is 0.320 e. The van der Waals surface area contributed by atoms with Crippen LogP contribution in [0.5, 0.6) is 0 Å². The van der Waals surface area contributed by atoms with Crippen molar-refractivity contribution >= 4 is 17.8 Å². The second-order valence-corrected chi connectivity index (χ2v) is 13.1. The molecule has 11 heteroatoms. The maximum Gasteiger partial charge on any atom is 0.320 e. The summed E-state index contributed by atoms with van der Waals surface area (Å²) >= 11 is 0. The van der Waals surface area contributed by atoms with Crippen LogP contribution in [0.25, 0.3) is 16.9 Å². The molecule has 2 aromatic heterocycles. The number of carbonyl (C=O) groups excluding carboxylic acids is 2. The first kappa shape index (κ1) is 34.3. The fourth-order valence-corrected chi connectivity index (χ4v) is 7.27. The van der Waals surface area contributed by atoms with E-state index >= 15 is 0 Å². The standard InChI is InChI=1S/C38H48N8O3/c1-5-45-21-17-29(18-22-45)40-37(47)33-24-28(16-20-39-33)34-26(2)36(46(43-34)30-14-10-7-11-15-30)42-38(48)41-32-25-31(19-23-49-4)44(3)35(32)27-12-8-6-9-13-27/h6-16,20,24,29,31-32,35H,5,17-19,21-23,25H2,1-4H3,(H,40,47)(H2,41,42,48)/t31-,32-,35+/m1/s1. The van der Waals surface area contributed by atoms with Gasteiger partial charge in [-0.1, -0.05) is 55.5 Å². The molecular formula is C38H48N8O3. The number of hydrogen-bond acceptors (Lipinski definition) is 7. The lowest BCUT2D eigenvalue weighted by Crippen LogP contribution is -2.44. The number of methoxy groups -OCH3 is 1. The first-order chi connectivity index (χ1) is 23.9. The second kappa shape index (κ2) is 15.8. The molecule has 2 aromatic carbocycles. The van der Waals surface area contributed by atoms with Gasteiger partial charge in [-0.25, -0.2) is 9.48 Å². The summed E-state index contributed by atoms with van der Waals surface area (Å²) in [5.41, 5.74) is 4.50. The van der Waals surface area contributed by atoms with Crippen LogP contribution in [0.15, 0.2) is 79.0 Å². The normalized spacial score (nSPS) is 20.3. The number of nitrogens with zero attached hydrogens (tertiary/aromatic N) is 5. The van der Waals surface area contributed by atoms with Crippen molar-refractivity contribution in [2.45, 2.75) is 63.7 Å². The van der Waals surface area contributed by atoms with Gasteiger partial charge >= 0.3 is 6.03 Å². The van der Waals surface area contributed by atoms with Crippen molar-refractivity contribution in [2.24, 2.45) is 0 Å². The van der Waals surface area contributed by atoms with E-state index < -0.39 is 0 Å². The zero-order valence-electron chi connectivity index (χ0n) is 28.9. The summed E-state index contributed by atoms with van der Waals surface area (Å²) < 4.78 is 7.15. The van der Waals surface area contributed by atoms with E-state index in [2.05, 4.69) is 56.8 Å². The third kappa shape index (κ3) is 7.85. The first-order valence-electron chi connectivity index (χ1n) is 17.3. The van der Waals surface area contributed by atoms with E-state index in [9.17, 15) is 9.59 Å². The van der Waals surface area contributed by atoms with Crippen molar-refractivity contribution in [1.29, 1.82) is 0 Å². The van der Waals surface area contributed by atoms with Gasteiger partial charge in [0.2, 0.25) is 0 Å². The molecule has 3 atom stereocenters. The molecule has 2 aliphatic heterocycles. The molecule has 2 saturated heterocycles. The number of piperidine rings is 1. The number of likely N-dealkylation sites (N-methyl/N-ethyl adjacent to an activating group) is 1. The van der Waals surface area contributed by atoms with Gasteiger partial charge in [-0.05, 0) is 76.0 Å². The Morgan fingerprint density at radius 3 is 2.39 bits per heavy atom. The first-order valence-corrected chi connectivity index (χ1v) is 17.3. The topological polar surface area (TPSA) is 117 Å². The van der Waals surface area contributed by atoms with E-state index in [1.54, 1.807) is 24.1 Å². The highest BCUT2D eigenvalue weighted by molar-refractivity contribution is 5.94. The Labute approximate surface area is 289 Å². The Morgan fingerprint density at radius 2 is 1.69 bits per heavy atom. The number of hydrogen-bond donors (Lipinski definition) is 3. The predicted octanol–water partition coefficient (Wildman–Crippen LogP) is 5.43. The average Bonchev–Trinajstić information content (AvgIpc) is 3.62. The molecule has 4 aromatic rings. The molecular weight excluding hydrogens is 616 g/mol. The SMILES string of the molecule is CCN1CCC(NC(=O)c2cc(-c3nn(-c4ccccc4)c(NC(=O)N[C@@H]4C[C@@H](CCOC)N(C)[C@H]4c4ccccc4)c3C)ccn2)CC1. The van der Waals surface area contributed by atoms with Gasteiger partial charge in [0.15, 0.2) is 0 Å². The molecule has 11 nitrogen and oxygen atoms in total. The van der Waals surface area contributed by atoms with E-state index in [1.807, 2.05) is 61.5 Å². The highest BCUT2D eigenvalue weighted by atomic mass is 16.5. The number of urea groups is 1. The third-order valence-electron chi connectivity index (χ3n) is 10.0. The van der Waals surface area contributed by atoms with Crippen LogP contribution in [0.3, 0.4) is 0 Å². The third-order valence-corrected chi connectivity index (χ3v) is 10.0. The summed E-state index contributed by atoms with van der Waals surface area (Å²) in [6.07, 6.45) is 5.17. The van der Waals surface area contributed by atoms with Gasteiger partial charge in [-0.15, -0.1) is 0 Å². The van der Waals surface area contributed by atoms with Gasteiger partial charge in [-0.2, -0.15) is 5.10 Å². The zero-order valence-corrected chi connectivity index (χ0v) is 28.9. The minimum atomic E-state index is -0.303. The van der Waals surface area contributed by atoms with Gasteiger partial charge < -0.3 is 20.3 Å². The quantitative estimate of drug-likeness (QED) is 0.196. The van der Waals surface area contributed by atoms with Crippen LogP contribution in [0.2, 0.25) is 0 Å². The molecule has 258 valence electrons. The lowest BCUT2D eigenvalue weighted by Gasteiger charge is -2.31. The van der Waals surface area contributed by atoms with Crippen LogP contribution in [-0.2, 0) is 4.74 Å². The maximum absolute atomic E-state index is 13.9. The molecule has 0 bridgehead atoms. The minimum absolute atomic E-state index is 0.0186. The number of pyridine rings is 1. The number of benzene rings is 2. The van der Waals surface area contributed by atoms with E-state index in [0.717, 1.165) is 67.7 Å². The molecule has 0 radical (unpaired) electrons. The number of ether oxygens (including phenoxy) is 1. The average molecular weight is 665 g/mol. The van der Waals surface area contributed by atoms with Gasteiger partial charge in [0.1, 0.15) is 11.5 Å². The Bertz CT molecular complexity index is 1700. The van der Waals surface area contributed by atoms with E-state index in [4.69, 9.17) is 9.84 Å². The fraction of sp³-hybridized carbons (Fsp3) is 0.421. The molecule has 0 unspecified atom stereocenters. The second-order valence-electron chi connectivity index (χ2n) is 13.1. The van der Waals surface area contributed by atoms with Crippen molar-refractivity contribution in [1.82, 2.24) is 35.2 Å². The Balaban J connectivity index is 1.24. The van der Waals surface area contributed by atoms with Gasteiger partial charge in [0, 0.05) is 56.2 Å². The molecule has 2 aliphatic rings. The Hall–Kier alpha value is -4.58. The monoisotopic (exact) mass is 664 g/mol. The van der Waals surface area contributed by atoms with E-state index in [0.29, 0.717) is 23.8 Å². The van der Waals surface area contributed by atoms with Crippen molar-refractivity contribution in [3.8, 4) is 16.9 Å². The number of rotatable bonds is 11. The summed E-state index contributed by atoms with van der Waals surface area (Å²) in [7, 11) is 3.84. The molecule has 0 aliphatic carbocycles. The largest absolute Gasteiger partial charge is 0.385 e. The number of anilines is 1. The van der Waals surface area contributed by atoms with Crippen LogP contribution < -0.4 is 16.0 Å². The van der Waals surface area contributed by atoms with Crippen molar-refractivity contribution in [2.75, 3.05) is 45.7 Å². The number of likely N-dealkylation sites (tertiary alicyclic amines) is 2. The molecule has 0 saturated carbocycles. The summed E-state index contributed by atoms with van der Waals surface area (Å²) in [5, 5.41) is 14.6. The highest BCUT2D eigenvalue weighted by Gasteiger charge is 2.40. The van der Waals surface area contributed by atoms with Crippen molar-refractivity contribution in [3.63, 3.8) is 0 Å². The van der Waals surface area contributed by atoms with E-state index in [-0.39, 0.29) is 36.1 Å². The molecule has 6 rings (SSSR count). The van der Waals surface area contributed by atoms with Crippen LogP contribution in [0.4, 0.5) is 10.6 Å². The molecule has 49 heavy (non-hydrogen) atoms. The van der Waals surface area contributed by atoms with Crippen LogP contribution in [0, 0.1) is 6.92 Å². The predicted molar refractivity (Wildman–Crippen MR) is 192 cm³/mol. The Kier molecular flexibility index (Phi) is 11.0. The van der Waals surface area contributed by atoms with Crippen molar-refractivity contribution in [3.05, 3.63) is 95.8 Å². The molecule has 2 fully saturated rings. The van der Waals surface area contributed by atoms with Crippen LogP contribution >= 0.6 is 0 Å². The van der Waals surface area contributed by atoms with Crippen LogP contribution in [-0.4, -0.2) is 95.0 Å². The maximum atomic E-state index is 13.9. The lowest BCUT2D eigenvalue weighted by atomic mass is 10.00. The lowest BCUT2D eigenvalue weighted by molar-refractivity contribution is 0.0907. The molecule has 0 spiro atoms. The number of nitrogens with one attached hydrogen (secondary N) is 3. The van der Waals surface area contributed by atoms with E-state index in [1.165, 1.54) is 0 Å². The summed E-state index contributed by atoms with van der Waals surface area (Å²) in [6, 6.07) is 23.7. The summed E-state index contributed by atoms with van der Waals surface area (Å²) in [6.45, 7) is 7.75. The van der Waals surface area contributed by atoms with Crippen LogP contribution in [0.1, 0.15) is 60.3 Å². The highest BCUT2D eigenvalue weighted by Crippen LogP contribution is 2.37. The molecule has 4 heterocycles. The Morgan fingerprint density at radius 1 is 0.980 bits per heavy atom. The number of aromatic nitrogens is 3. The number of carbonyl (C=O) groups is 2. The zero-order chi connectivity index (χ0) is 34.3. The fourth-order valence-electron chi connectivity index (χ4n) is 7.27. The molecule has 3 N–H and O–H groups in total. The summed E-state index contributed by atoms with van der Waals surface area (Å²) in [5.74, 6) is 0.371. The van der Waals surface area contributed by atoms with Gasteiger partial charge in [0.05, 0.1) is 23.5 Å². The van der Waals surface area contributed by atoms with Gasteiger partial charge in [-0.3, -0.25) is 20.0 Å². The number of para-hydroxylation sites is 1. The van der Waals surface area contributed by atoms with Gasteiger partial charge in [0.25, 0.3) is 5.91 Å². The summed E-state index contributed by atoms with van der Waals surface area (Å²) in [4.78, 5) is 36.3. The molecule has 3 amide bonds.